The maximum absolute atomic E-state index is 10.6. The van der Waals surface area contributed by atoms with Crippen molar-refractivity contribution in [1.82, 2.24) is 4.98 Å². The summed E-state index contributed by atoms with van der Waals surface area (Å²) < 4.78 is 0. The van der Waals surface area contributed by atoms with Crippen LogP contribution in [0.4, 0.5) is 5.13 Å². The van der Waals surface area contributed by atoms with Crippen molar-refractivity contribution in [2.24, 2.45) is 0 Å². The van der Waals surface area contributed by atoms with E-state index in [4.69, 9.17) is 4.98 Å². The van der Waals surface area contributed by atoms with Gasteiger partial charge in [0.2, 0.25) is 0 Å². The first kappa shape index (κ1) is 18.4. The predicted octanol–water partition coefficient (Wildman–Crippen LogP) is 5.15. The molecular weight excluding hydrogens is 316 g/mol. The van der Waals surface area contributed by atoms with E-state index in [1.165, 1.54) is 25.7 Å². The average Bonchev–Trinajstić information content (AvgIpc) is 3.05. The van der Waals surface area contributed by atoms with Gasteiger partial charge >= 0.3 is 0 Å². The molecule has 24 heavy (non-hydrogen) atoms. The SMILES string of the molecule is CCCCN(CCCC)c1nc(-c2ccccc2)c(CC=C=O)s1. The van der Waals surface area contributed by atoms with Gasteiger partial charge in [0.05, 0.1) is 5.69 Å². The Hall–Kier alpha value is -1.90. The number of anilines is 1. The van der Waals surface area contributed by atoms with Crippen LogP contribution in [0.25, 0.3) is 11.3 Å². The number of rotatable bonds is 10. The molecule has 128 valence electrons. The molecule has 0 saturated heterocycles. The van der Waals surface area contributed by atoms with E-state index in [1.54, 1.807) is 17.4 Å². The van der Waals surface area contributed by atoms with E-state index >= 15 is 0 Å². The van der Waals surface area contributed by atoms with E-state index in [0.29, 0.717) is 6.42 Å². The van der Waals surface area contributed by atoms with Crippen LogP contribution in [0.15, 0.2) is 36.4 Å². The summed E-state index contributed by atoms with van der Waals surface area (Å²) >= 11 is 1.71. The molecule has 0 saturated carbocycles. The second-order valence-corrected chi connectivity index (χ2v) is 6.92. The van der Waals surface area contributed by atoms with Gasteiger partial charge in [-0.15, -0.1) is 11.3 Å². The highest BCUT2D eigenvalue weighted by molar-refractivity contribution is 7.16. The Morgan fingerprint density at radius 3 is 2.38 bits per heavy atom. The van der Waals surface area contributed by atoms with Gasteiger partial charge in [-0.1, -0.05) is 57.0 Å². The highest BCUT2D eigenvalue weighted by Gasteiger charge is 2.16. The minimum atomic E-state index is 0.598. The lowest BCUT2D eigenvalue weighted by molar-refractivity contribution is 0.568. The maximum Gasteiger partial charge on any atom is 0.186 e. The summed E-state index contributed by atoms with van der Waals surface area (Å²) in [5, 5.41) is 1.07. The van der Waals surface area contributed by atoms with Crippen molar-refractivity contribution in [2.45, 2.75) is 46.0 Å². The van der Waals surface area contributed by atoms with Crippen LogP contribution in [-0.2, 0) is 11.2 Å². The lowest BCUT2D eigenvalue weighted by Crippen LogP contribution is -2.25. The van der Waals surface area contributed by atoms with Gasteiger partial charge in [-0.25, -0.2) is 9.78 Å². The van der Waals surface area contributed by atoms with Crippen LogP contribution >= 0.6 is 11.3 Å². The Balaban J connectivity index is 2.34. The number of carbonyl (C=O) groups excluding carboxylic acids is 1. The zero-order valence-electron chi connectivity index (χ0n) is 14.6. The fraction of sp³-hybridized carbons (Fsp3) is 0.450. The molecule has 0 aliphatic carbocycles. The topological polar surface area (TPSA) is 33.2 Å². The summed E-state index contributed by atoms with van der Waals surface area (Å²) in [6.07, 6.45) is 6.86. The van der Waals surface area contributed by atoms with Gasteiger partial charge in [0.1, 0.15) is 5.94 Å². The van der Waals surface area contributed by atoms with E-state index in [0.717, 1.165) is 34.4 Å². The third-order valence-corrected chi connectivity index (χ3v) is 5.08. The molecule has 0 amide bonds. The standard InChI is InChI=1S/C20H26N2OS/c1-3-5-14-22(15-6-4-2)20-21-19(17-11-8-7-9-12-17)18(24-20)13-10-16-23/h7-12H,3-6,13-15H2,1-2H3. The molecule has 0 atom stereocenters. The lowest BCUT2D eigenvalue weighted by Gasteiger charge is -2.21. The zero-order valence-corrected chi connectivity index (χ0v) is 15.4. The summed E-state index contributed by atoms with van der Waals surface area (Å²) in [5.41, 5.74) is 2.11. The van der Waals surface area contributed by atoms with Gasteiger partial charge < -0.3 is 4.90 Å². The minimum Gasteiger partial charge on any atom is -0.348 e. The maximum atomic E-state index is 10.6. The molecule has 0 unspecified atom stereocenters. The van der Waals surface area contributed by atoms with Gasteiger partial charge in [-0.2, -0.15) is 0 Å². The number of aromatic nitrogens is 1. The summed E-state index contributed by atoms with van der Waals surface area (Å²) in [7, 11) is 0. The first-order valence-corrected chi connectivity index (χ1v) is 9.61. The normalized spacial score (nSPS) is 10.4. The first-order chi connectivity index (χ1) is 11.8. The molecule has 1 aromatic heterocycles. The Labute approximate surface area is 149 Å². The van der Waals surface area contributed by atoms with Crippen LogP contribution < -0.4 is 4.90 Å². The van der Waals surface area contributed by atoms with Crippen molar-refractivity contribution in [3.8, 4) is 11.3 Å². The van der Waals surface area contributed by atoms with Crippen molar-refractivity contribution in [3.63, 3.8) is 0 Å². The van der Waals surface area contributed by atoms with Gasteiger partial charge in [0.25, 0.3) is 0 Å². The van der Waals surface area contributed by atoms with Gasteiger partial charge in [0, 0.05) is 36.0 Å². The fourth-order valence-electron chi connectivity index (χ4n) is 2.57. The van der Waals surface area contributed by atoms with Crippen LogP contribution in [-0.4, -0.2) is 24.0 Å². The van der Waals surface area contributed by atoms with Gasteiger partial charge in [-0.3, -0.25) is 0 Å². The summed E-state index contributed by atoms with van der Waals surface area (Å²) in [6, 6.07) is 10.2. The molecule has 3 nitrogen and oxygen atoms in total. The van der Waals surface area contributed by atoms with Crippen molar-refractivity contribution >= 4 is 22.4 Å². The van der Waals surface area contributed by atoms with Gasteiger partial charge in [0.15, 0.2) is 5.13 Å². The Morgan fingerprint density at radius 1 is 1.12 bits per heavy atom. The first-order valence-electron chi connectivity index (χ1n) is 8.79. The van der Waals surface area contributed by atoms with Crippen LogP contribution in [0.3, 0.4) is 0 Å². The van der Waals surface area contributed by atoms with E-state index in [9.17, 15) is 4.79 Å². The van der Waals surface area contributed by atoms with Crippen molar-refractivity contribution < 1.29 is 4.79 Å². The number of benzene rings is 1. The van der Waals surface area contributed by atoms with E-state index in [2.05, 4.69) is 30.9 Å². The molecule has 4 heteroatoms. The Morgan fingerprint density at radius 2 is 1.79 bits per heavy atom. The Kier molecular flexibility index (Phi) is 7.73. The average molecular weight is 343 g/mol. The third-order valence-electron chi connectivity index (χ3n) is 3.94. The zero-order chi connectivity index (χ0) is 17.2. The number of hydrogen-bond donors (Lipinski definition) is 0. The molecule has 0 spiro atoms. The number of allylic oxidation sites excluding steroid dienone is 1. The quantitative estimate of drug-likeness (QED) is 0.560. The molecule has 2 rings (SSSR count). The third kappa shape index (κ3) is 5.05. The van der Waals surface area contributed by atoms with Crippen molar-refractivity contribution in [1.29, 1.82) is 0 Å². The van der Waals surface area contributed by atoms with E-state index in [-0.39, 0.29) is 0 Å². The highest BCUT2D eigenvalue weighted by Crippen LogP contribution is 2.34. The van der Waals surface area contributed by atoms with E-state index < -0.39 is 0 Å². The second kappa shape index (κ2) is 10.1. The molecule has 0 aliphatic heterocycles. The fourth-order valence-corrected chi connectivity index (χ4v) is 3.67. The van der Waals surface area contributed by atoms with Crippen LogP contribution in [0, 0.1) is 0 Å². The molecule has 0 bridgehead atoms. The van der Waals surface area contributed by atoms with Crippen LogP contribution in [0.5, 0.6) is 0 Å². The summed E-state index contributed by atoms with van der Waals surface area (Å²) in [5.74, 6) is 1.89. The van der Waals surface area contributed by atoms with Crippen LogP contribution in [0.1, 0.15) is 44.4 Å². The van der Waals surface area contributed by atoms with Crippen LogP contribution in [0.2, 0.25) is 0 Å². The summed E-state index contributed by atoms with van der Waals surface area (Å²) in [6.45, 7) is 6.52. The molecule has 0 N–H and O–H groups in total. The molecule has 1 aromatic carbocycles. The monoisotopic (exact) mass is 342 g/mol. The number of thiazole rings is 1. The molecule has 0 aliphatic rings. The van der Waals surface area contributed by atoms with E-state index in [1.807, 2.05) is 24.1 Å². The number of hydrogen-bond acceptors (Lipinski definition) is 4. The van der Waals surface area contributed by atoms with Crippen molar-refractivity contribution in [2.75, 3.05) is 18.0 Å². The molecule has 1 heterocycles. The second-order valence-electron chi connectivity index (χ2n) is 5.85. The molecule has 2 aromatic rings. The summed E-state index contributed by atoms with van der Waals surface area (Å²) in [4.78, 5) is 19.1. The Bertz CT molecular complexity index is 652. The number of unbranched alkanes of at least 4 members (excludes halogenated alkanes) is 2. The minimum absolute atomic E-state index is 0.598. The number of nitrogens with zero attached hydrogens (tertiary/aromatic N) is 2. The molecule has 0 radical (unpaired) electrons. The predicted molar refractivity (Wildman–Crippen MR) is 104 cm³/mol. The molecular formula is C20H26N2OS. The smallest absolute Gasteiger partial charge is 0.186 e. The van der Waals surface area contributed by atoms with Crippen molar-refractivity contribution in [3.05, 3.63) is 41.3 Å². The van der Waals surface area contributed by atoms with Gasteiger partial charge in [-0.05, 0) is 12.8 Å². The highest BCUT2D eigenvalue weighted by atomic mass is 32.1. The molecule has 0 fully saturated rings. The lowest BCUT2D eigenvalue weighted by atomic mass is 10.1. The largest absolute Gasteiger partial charge is 0.348 e.